The van der Waals surface area contributed by atoms with Crippen LogP contribution in [-0.2, 0) is 13.3 Å². The number of ether oxygens (including phenoxy) is 1. The van der Waals surface area contributed by atoms with Crippen LogP contribution >= 0.6 is 15.9 Å². The second-order valence-corrected chi connectivity index (χ2v) is 7.25. The van der Waals surface area contributed by atoms with Gasteiger partial charge in [0.15, 0.2) is 12.4 Å². The number of halogens is 1. The summed E-state index contributed by atoms with van der Waals surface area (Å²) >= 11 is 3.39. The Labute approximate surface area is 176 Å². The largest absolute Gasteiger partial charge is 0.471 e. The van der Waals surface area contributed by atoms with E-state index < -0.39 is 0 Å². The van der Waals surface area contributed by atoms with Crippen molar-refractivity contribution in [1.29, 1.82) is 0 Å². The highest BCUT2D eigenvalue weighted by molar-refractivity contribution is 9.10. The van der Waals surface area contributed by atoms with Crippen LogP contribution in [0.2, 0.25) is 0 Å². The smallest absolute Gasteiger partial charge is 0.276 e. The molecule has 146 valence electrons. The van der Waals surface area contributed by atoms with Crippen molar-refractivity contribution in [2.45, 2.75) is 13.3 Å². The van der Waals surface area contributed by atoms with E-state index in [2.05, 4.69) is 31.4 Å². The monoisotopic (exact) mass is 451 g/mol. The van der Waals surface area contributed by atoms with Crippen LogP contribution in [0, 0.1) is 0 Å². The topological polar surface area (TPSA) is 74.0 Å². The van der Waals surface area contributed by atoms with E-state index in [-0.39, 0.29) is 12.6 Å². The van der Waals surface area contributed by atoms with Crippen LogP contribution in [-0.4, -0.2) is 25.5 Å². The van der Waals surface area contributed by atoms with Gasteiger partial charge in [-0.2, -0.15) is 10.2 Å². The lowest BCUT2D eigenvalue weighted by atomic mass is 10.2. The Kier molecular flexibility index (Phi) is 5.71. The summed E-state index contributed by atoms with van der Waals surface area (Å²) in [5.41, 5.74) is 2.05. The van der Waals surface area contributed by atoms with Crippen molar-refractivity contribution in [3.63, 3.8) is 0 Å². The summed E-state index contributed by atoms with van der Waals surface area (Å²) in [6.45, 7) is 0.840. The average molecular weight is 452 g/mol. The number of hydrogen-bond acceptors (Lipinski definition) is 4. The third-order valence-electron chi connectivity index (χ3n) is 4.11. The molecule has 0 aliphatic rings. The number of amides is 1. The van der Waals surface area contributed by atoms with Gasteiger partial charge in [-0.05, 0) is 51.8 Å². The first kappa shape index (κ1) is 18.9. The van der Waals surface area contributed by atoms with Gasteiger partial charge in [-0.25, -0.2) is 4.68 Å². The molecule has 2 aromatic heterocycles. The first-order valence-corrected chi connectivity index (χ1v) is 9.74. The molecule has 0 unspecified atom stereocenters. The second-order valence-electron chi connectivity index (χ2n) is 6.34. The number of aromatic nitrogens is 4. The van der Waals surface area contributed by atoms with Gasteiger partial charge >= 0.3 is 0 Å². The van der Waals surface area contributed by atoms with Crippen molar-refractivity contribution in [2.75, 3.05) is 5.32 Å². The van der Waals surface area contributed by atoms with Crippen LogP contribution in [0.1, 0.15) is 16.1 Å². The summed E-state index contributed by atoms with van der Waals surface area (Å²) in [5, 5.41) is 11.4. The van der Waals surface area contributed by atoms with E-state index in [1.807, 2.05) is 65.5 Å². The van der Waals surface area contributed by atoms with E-state index in [9.17, 15) is 4.79 Å². The van der Waals surface area contributed by atoms with Crippen molar-refractivity contribution >= 4 is 27.5 Å². The van der Waals surface area contributed by atoms with E-state index >= 15 is 0 Å². The summed E-state index contributed by atoms with van der Waals surface area (Å²) in [5.74, 6) is 0.470. The molecule has 0 aliphatic carbocycles. The van der Waals surface area contributed by atoms with Crippen LogP contribution < -0.4 is 10.1 Å². The van der Waals surface area contributed by atoms with Gasteiger partial charge in [0.2, 0.25) is 0 Å². The number of hydrogen-bond donors (Lipinski definition) is 1. The minimum absolute atomic E-state index is 0.228. The molecule has 0 aliphatic heterocycles. The predicted molar refractivity (Wildman–Crippen MR) is 113 cm³/mol. The van der Waals surface area contributed by atoms with Crippen LogP contribution in [0.25, 0.3) is 0 Å². The molecule has 0 saturated carbocycles. The van der Waals surface area contributed by atoms with Gasteiger partial charge in [0.05, 0.1) is 17.2 Å². The van der Waals surface area contributed by atoms with Crippen molar-refractivity contribution in [2.24, 2.45) is 0 Å². The molecule has 1 N–H and O–H groups in total. The van der Waals surface area contributed by atoms with E-state index in [0.29, 0.717) is 17.9 Å². The molecule has 4 rings (SSSR count). The van der Waals surface area contributed by atoms with Crippen molar-refractivity contribution < 1.29 is 9.53 Å². The predicted octanol–water partition coefficient (Wildman–Crippen LogP) is 4.18. The Morgan fingerprint density at radius 2 is 1.93 bits per heavy atom. The molecule has 0 saturated heterocycles. The molecule has 0 atom stereocenters. The number of para-hydroxylation sites is 1. The molecule has 1 amide bonds. The van der Waals surface area contributed by atoms with Gasteiger partial charge in [-0.3, -0.25) is 9.48 Å². The Balaban J connectivity index is 1.37. The van der Waals surface area contributed by atoms with Crippen molar-refractivity contribution in [1.82, 2.24) is 19.6 Å². The maximum atomic E-state index is 12.5. The first-order chi connectivity index (χ1) is 14.2. The highest BCUT2D eigenvalue weighted by Crippen LogP contribution is 2.15. The zero-order chi connectivity index (χ0) is 20.1. The molecule has 8 heteroatoms. The molecule has 7 nitrogen and oxygen atoms in total. The Morgan fingerprint density at radius 3 is 2.72 bits per heavy atom. The van der Waals surface area contributed by atoms with E-state index in [0.717, 1.165) is 15.8 Å². The van der Waals surface area contributed by atoms with Gasteiger partial charge in [-0.1, -0.05) is 30.3 Å². The van der Waals surface area contributed by atoms with E-state index in [1.165, 1.54) is 0 Å². The number of anilines is 1. The van der Waals surface area contributed by atoms with E-state index in [1.54, 1.807) is 23.1 Å². The zero-order valence-electron chi connectivity index (χ0n) is 15.4. The zero-order valence-corrected chi connectivity index (χ0v) is 17.0. The fourth-order valence-corrected chi connectivity index (χ4v) is 3.09. The van der Waals surface area contributed by atoms with Crippen LogP contribution in [0.3, 0.4) is 0 Å². The maximum Gasteiger partial charge on any atom is 0.276 e. The Morgan fingerprint density at radius 1 is 1.07 bits per heavy atom. The average Bonchev–Trinajstić information content (AvgIpc) is 3.36. The molecule has 0 spiro atoms. The lowest BCUT2D eigenvalue weighted by Crippen LogP contribution is -2.14. The standard InChI is InChI=1S/C21H18BrN5O2/c22-17-12-23-27(14-17)13-16-5-4-6-18(11-16)24-21(28)20-9-10-26(25-20)15-29-19-7-2-1-3-8-19/h1-12,14H,13,15H2,(H,24,28). The number of nitrogens with one attached hydrogen (secondary N) is 1. The van der Waals surface area contributed by atoms with Gasteiger partial charge < -0.3 is 10.1 Å². The van der Waals surface area contributed by atoms with Crippen molar-refractivity contribution in [3.05, 3.63) is 95.0 Å². The first-order valence-electron chi connectivity index (χ1n) is 8.95. The third-order valence-corrected chi connectivity index (χ3v) is 4.52. The minimum atomic E-state index is -0.276. The second kappa shape index (κ2) is 8.74. The highest BCUT2D eigenvalue weighted by atomic mass is 79.9. The van der Waals surface area contributed by atoms with Crippen LogP contribution in [0.15, 0.2) is 83.7 Å². The molecule has 0 radical (unpaired) electrons. The number of carbonyl (C=O) groups excluding carboxylic acids is 1. The minimum Gasteiger partial charge on any atom is -0.471 e. The Bertz CT molecular complexity index is 1110. The number of nitrogens with zero attached hydrogens (tertiary/aromatic N) is 4. The van der Waals surface area contributed by atoms with Gasteiger partial charge in [0, 0.05) is 18.1 Å². The lowest BCUT2D eigenvalue weighted by Gasteiger charge is -2.07. The SMILES string of the molecule is O=C(Nc1cccc(Cn2cc(Br)cn2)c1)c1ccn(COc2ccccc2)n1. The molecule has 2 heterocycles. The number of benzene rings is 2. The van der Waals surface area contributed by atoms with Gasteiger partial charge in [0.25, 0.3) is 5.91 Å². The summed E-state index contributed by atoms with van der Waals surface area (Å²) in [4.78, 5) is 12.5. The summed E-state index contributed by atoms with van der Waals surface area (Å²) in [6, 6.07) is 18.8. The van der Waals surface area contributed by atoms with Crippen LogP contribution in [0.5, 0.6) is 5.75 Å². The summed E-state index contributed by atoms with van der Waals surface area (Å²) < 4.78 is 9.96. The van der Waals surface area contributed by atoms with Crippen molar-refractivity contribution in [3.8, 4) is 5.75 Å². The molecular weight excluding hydrogens is 434 g/mol. The number of rotatable bonds is 7. The molecule has 4 aromatic rings. The normalized spacial score (nSPS) is 10.7. The fourth-order valence-electron chi connectivity index (χ4n) is 2.77. The summed E-state index contributed by atoms with van der Waals surface area (Å²) in [7, 11) is 0. The quantitative estimate of drug-likeness (QED) is 0.457. The molecule has 2 aromatic carbocycles. The highest BCUT2D eigenvalue weighted by Gasteiger charge is 2.10. The molecule has 0 bridgehead atoms. The molecular formula is C21H18BrN5O2. The van der Waals surface area contributed by atoms with Gasteiger partial charge in [0.1, 0.15) is 5.75 Å². The lowest BCUT2D eigenvalue weighted by molar-refractivity contribution is 0.102. The molecule has 29 heavy (non-hydrogen) atoms. The van der Waals surface area contributed by atoms with Gasteiger partial charge in [-0.15, -0.1) is 0 Å². The van der Waals surface area contributed by atoms with E-state index in [4.69, 9.17) is 4.74 Å². The third kappa shape index (κ3) is 5.11. The van der Waals surface area contributed by atoms with Crippen LogP contribution in [0.4, 0.5) is 5.69 Å². The maximum absolute atomic E-state index is 12.5. The molecule has 0 fully saturated rings. The fraction of sp³-hybridized carbons (Fsp3) is 0.0952. The number of carbonyl (C=O) groups is 1. The summed E-state index contributed by atoms with van der Waals surface area (Å²) in [6.07, 6.45) is 5.35. The Hall–Kier alpha value is -3.39.